The second kappa shape index (κ2) is 16.3. The maximum absolute atomic E-state index is 13.1. The summed E-state index contributed by atoms with van der Waals surface area (Å²) < 4.78 is 41.7. The van der Waals surface area contributed by atoms with Crippen molar-refractivity contribution >= 4 is 45.5 Å². The fourth-order valence-electron chi connectivity index (χ4n) is 4.72. The van der Waals surface area contributed by atoms with Gasteiger partial charge in [-0.15, -0.1) is 12.4 Å². The summed E-state index contributed by atoms with van der Waals surface area (Å²) in [6, 6.07) is 8.66. The minimum atomic E-state index is -3.13. The van der Waals surface area contributed by atoms with Gasteiger partial charge in [0.05, 0.1) is 36.7 Å². The normalized spacial score (nSPS) is 14.4. The number of nitrogens with one attached hydrogen (secondary N) is 1. The zero-order chi connectivity index (χ0) is 28.4. The Hall–Kier alpha value is -2.24. The van der Waals surface area contributed by atoms with Crippen LogP contribution in [0.3, 0.4) is 0 Å². The van der Waals surface area contributed by atoms with Crippen LogP contribution in [0.15, 0.2) is 30.3 Å². The summed E-state index contributed by atoms with van der Waals surface area (Å²) in [5.74, 6) is 2.20. The van der Waals surface area contributed by atoms with Crippen LogP contribution in [0.4, 0.5) is 5.69 Å². The van der Waals surface area contributed by atoms with Gasteiger partial charge in [0, 0.05) is 25.1 Å². The highest BCUT2D eigenvalue weighted by molar-refractivity contribution is 7.88. The van der Waals surface area contributed by atoms with Crippen LogP contribution in [0.2, 0.25) is 5.02 Å². The van der Waals surface area contributed by atoms with E-state index in [-0.39, 0.29) is 24.8 Å². The van der Waals surface area contributed by atoms with Crippen molar-refractivity contribution in [2.75, 3.05) is 52.4 Å². The van der Waals surface area contributed by atoms with E-state index in [1.54, 1.807) is 32.4 Å². The zero-order valence-electron chi connectivity index (χ0n) is 23.4. The summed E-state index contributed by atoms with van der Waals surface area (Å²) >= 11 is 6.25. The van der Waals surface area contributed by atoms with Crippen LogP contribution in [-0.2, 0) is 16.6 Å². The molecule has 9 nitrogen and oxygen atoms in total. The van der Waals surface area contributed by atoms with Crippen LogP contribution in [-0.4, -0.2) is 65.8 Å². The lowest BCUT2D eigenvalue weighted by Crippen LogP contribution is -2.35. The van der Waals surface area contributed by atoms with E-state index < -0.39 is 10.0 Å². The van der Waals surface area contributed by atoms with Crippen molar-refractivity contribution in [2.45, 2.75) is 45.1 Å². The second-order valence-electron chi connectivity index (χ2n) is 10.00. The van der Waals surface area contributed by atoms with Gasteiger partial charge in [-0.25, -0.2) is 13.1 Å². The van der Waals surface area contributed by atoms with Crippen LogP contribution < -0.4 is 24.7 Å². The van der Waals surface area contributed by atoms with Crippen LogP contribution in [0, 0.1) is 5.92 Å². The molecule has 40 heavy (non-hydrogen) atoms. The molecule has 12 heteroatoms. The second-order valence-corrected chi connectivity index (χ2v) is 12.2. The van der Waals surface area contributed by atoms with Crippen molar-refractivity contribution in [2.24, 2.45) is 5.92 Å². The number of nitrogens with zero attached hydrogens (tertiary/aromatic N) is 1. The number of nitrogen functional groups attached to an aromatic ring is 1. The summed E-state index contributed by atoms with van der Waals surface area (Å²) in [7, 11) is 0.0426. The number of ether oxygens (including phenoxy) is 3. The molecule has 1 aliphatic heterocycles. The first-order valence-corrected chi connectivity index (χ1v) is 15.5. The summed E-state index contributed by atoms with van der Waals surface area (Å²) in [5.41, 5.74) is 7.61. The lowest BCUT2D eigenvalue weighted by molar-refractivity contribution is 0.0972. The quantitative estimate of drug-likeness (QED) is 0.164. The van der Waals surface area contributed by atoms with Gasteiger partial charge in [-0.05, 0) is 81.4 Å². The lowest BCUT2D eigenvalue weighted by atomic mass is 9.93. The van der Waals surface area contributed by atoms with E-state index in [9.17, 15) is 13.2 Å². The van der Waals surface area contributed by atoms with Crippen molar-refractivity contribution in [1.29, 1.82) is 0 Å². The third-order valence-corrected chi connectivity index (χ3v) is 8.01. The van der Waals surface area contributed by atoms with E-state index in [1.165, 1.54) is 6.26 Å². The van der Waals surface area contributed by atoms with Crippen LogP contribution in [0.5, 0.6) is 17.2 Å². The molecule has 0 saturated carbocycles. The predicted octanol–water partition coefficient (Wildman–Crippen LogP) is 4.94. The molecular formula is C28H41Cl2N3O6S. The van der Waals surface area contributed by atoms with Gasteiger partial charge in [0.15, 0.2) is 5.78 Å². The SMILES string of the molecule is COc1cc(COc2cc(N)c(Cl)cc2C(=O)CCCCN2CCC(CCNS(C)(=O)=O)CC2)cc(OC)c1.Cl. The van der Waals surface area contributed by atoms with Crippen LogP contribution in [0.25, 0.3) is 0 Å². The summed E-state index contributed by atoms with van der Waals surface area (Å²) in [6.45, 7) is 3.64. The molecule has 0 aromatic heterocycles. The number of halogens is 2. The van der Waals surface area contributed by atoms with Crippen molar-refractivity contribution in [3.05, 3.63) is 46.5 Å². The number of methoxy groups -OCH3 is 2. The monoisotopic (exact) mass is 617 g/mol. The number of hydrogen-bond donors (Lipinski definition) is 2. The molecule has 0 spiro atoms. The molecule has 0 bridgehead atoms. The standard InChI is InChI=1S/C28H40ClN3O6S.ClH/c1-36-22-14-21(15-23(16-22)37-2)19-38-28-18-26(30)25(29)17-24(28)27(33)6-4-5-11-32-12-8-20(9-13-32)7-10-31-39(3,34)35;/h14-18,20,31H,4-13,19,30H2,1-3H3;1H. The predicted molar refractivity (Wildman–Crippen MR) is 162 cm³/mol. The number of hydrogen-bond acceptors (Lipinski definition) is 8. The smallest absolute Gasteiger partial charge is 0.208 e. The molecule has 3 N–H and O–H groups in total. The maximum Gasteiger partial charge on any atom is 0.208 e. The number of ketones is 1. The Morgan fingerprint density at radius 3 is 2.33 bits per heavy atom. The highest BCUT2D eigenvalue weighted by Gasteiger charge is 2.20. The Morgan fingerprint density at radius 1 is 1.07 bits per heavy atom. The number of Topliss-reactive ketones (excluding diaryl/α,β-unsaturated/α-hetero) is 1. The van der Waals surface area contributed by atoms with E-state index in [2.05, 4.69) is 9.62 Å². The molecule has 3 rings (SSSR count). The van der Waals surface area contributed by atoms with E-state index in [4.69, 9.17) is 31.5 Å². The Morgan fingerprint density at radius 2 is 1.73 bits per heavy atom. The number of rotatable bonds is 15. The molecule has 0 amide bonds. The Balaban J connectivity index is 0.00000560. The van der Waals surface area contributed by atoms with Gasteiger partial charge >= 0.3 is 0 Å². The van der Waals surface area contributed by atoms with Crippen molar-refractivity contribution in [3.63, 3.8) is 0 Å². The number of nitrogens with two attached hydrogens (primary N) is 1. The fourth-order valence-corrected chi connectivity index (χ4v) is 5.37. The van der Waals surface area contributed by atoms with Crippen molar-refractivity contribution in [3.8, 4) is 17.2 Å². The largest absolute Gasteiger partial charge is 0.497 e. The summed E-state index contributed by atoms with van der Waals surface area (Å²) in [5, 5.41) is 0.323. The van der Waals surface area contributed by atoms with E-state index in [0.717, 1.165) is 57.3 Å². The molecule has 1 aliphatic rings. The van der Waals surface area contributed by atoms with Crippen LogP contribution in [0.1, 0.15) is 54.4 Å². The third-order valence-electron chi connectivity index (χ3n) is 6.96. The molecular weight excluding hydrogens is 577 g/mol. The first kappa shape index (κ1) is 34.0. The molecule has 1 heterocycles. The molecule has 0 radical (unpaired) electrons. The first-order valence-electron chi connectivity index (χ1n) is 13.2. The van der Waals surface area contributed by atoms with Crippen molar-refractivity contribution in [1.82, 2.24) is 9.62 Å². The molecule has 1 saturated heterocycles. The molecule has 0 aliphatic carbocycles. The van der Waals surface area contributed by atoms with Gasteiger partial charge in [0.2, 0.25) is 10.0 Å². The minimum Gasteiger partial charge on any atom is -0.497 e. The average molecular weight is 619 g/mol. The molecule has 224 valence electrons. The van der Waals surface area contributed by atoms with Gasteiger partial charge in [0.1, 0.15) is 23.9 Å². The molecule has 1 fully saturated rings. The number of likely N-dealkylation sites (tertiary alicyclic amines) is 1. The molecule has 0 unspecified atom stereocenters. The Labute approximate surface area is 249 Å². The maximum atomic E-state index is 13.1. The lowest BCUT2D eigenvalue weighted by Gasteiger charge is -2.32. The number of benzene rings is 2. The number of piperidine rings is 1. The van der Waals surface area contributed by atoms with E-state index >= 15 is 0 Å². The molecule has 2 aromatic rings. The Kier molecular flexibility index (Phi) is 13.8. The zero-order valence-corrected chi connectivity index (χ0v) is 25.8. The number of anilines is 1. The summed E-state index contributed by atoms with van der Waals surface area (Å²) in [4.78, 5) is 15.5. The highest BCUT2D eigenvalue weighted by atomic mass is 35.5. The van der Waals surface area contributed by atoms with Gasteiger partial charge in [-0.2, -0.15) is 0 Å². The average Bonchev–Trinajstić information content (AvgIpc) is 2.91. The highest BCUT2D eigenvalue weighted by Crippen LogP contribution is 2.32. The van der Waals surface area contributed by atoms with Crippen LogP contribution >= 0.6 is 24.0 Å². The van der Waals surface area contributed by atoms with Gasteiger partial charge < -0.3 is 24.8 Å². The number of carbonyl (C=O) groups is 1. The minimum absolute atomic E-state index is 0. The van der Waals surface area contributed by atoms with Crippen molar-refractivity contribution < 1.29 is 27.4 Å². The topological polar surface area (TPSA) is 120 Å². The van der Waals surface area contributed by atoms with Gasteiger partial charge in [0.25, 0.3) is 0 Å². The number of unbranched alkanes of at least 4 members (excludes halogenated alkanes) is 1. The summed E-state index contributed by atoms with van der Waals surface area (Å²) in [6.07, 6.45) is 6.24. The number of sulfonamides is 1. The Bertz CT molecular complexity index is 1200. The number of carbonyl (C=O) groups excluding carboxylic acids is 1. The first-order chi connectivity index (χ1) is 18.6. The third kappa shape index (κ3) is 11.0. The van der Waals surface area contributed by atoms with Gasteiger partial charge in [-0.1, -0.05) is 11.6 Å². The van der Waals surface area contributed by atoms with E-state index in [0.29, 0.717) is 52.4 Å². The fraction of sp³-hybridized carbons (Fsp3) is 0.536. The molecule has 0 atom stereocenters. The van der Waals surface area contributed by atoms with Gasteiger partial charge in [-0.3, -0.25) is 4.79 Å². The molecule has 2 aromatic carbocycles. The van der Waals surface area contributed by atoms with E-state index in [1.807, 2.05) is 12.1 Å².